The molecule has 13 heavy (non-hydrogen) atoms. The minimum atomic E-state index is -0.911. The monoisotopic (exact) mass is 187 g/mol. The first-order chi connectivity index (χ1) is 6.15. The lowest BCUT2D eigenvalue weighted by Gasteiger charge is -2.01. The first-order valence-corrected chi connectivity index (χ1v) is 3.59. The highest BCUT2D eigenvalue weighted by molar-refractivity contribution is 5.19. The third-order valence-electron chi connectivity index (χ3n) is 1.43. The summed E-state index contributed by atoms with van der Waals surface area (Å²) in [5.41, 5.74) is 0. The van der Waals surface area contributed by atoms with Gasteiger partial charge in [0.15, 0.2) is 5.16 Å². The summed E-state index contributed by atoms with van der Waals surface area (Å²) in [7, 11) is 1.65. The molecular weight excluding hydrogens is 178 g/mol. The van der Waals surface area contributed by atoms with Crippen molar-refractivity contribution in [1.29, 1.82) is 0 Å². The Morgan fingerprint density at radius 2 is 2.62 bits per heavy atom. The van der Waals surface area contributed by atoms with Gasteiger partial charge in [0.1, 0.15) is 6.10 Å². The standard InChI is InChI=1S/C6H9N3O4/c1-7-3-4(10)5-2-6(8-13-5)9(11)12/h2,4,7,10H,3H2,1H3. The molecule has 0 bridgehead atoms. The van der Waals surface area contributed by atoms with Crippen molar-refractivity contribution in [3.8, 4) is 0 Å². The average Bonchev–Trinajstić information content (AvgIpc) is 2.52. The van der Waals surface area contributed by atoms with Crippen LogP contribution < -0.4 is 5.32 Å². The number of aliphatic hydroxyl groups is 1. The molecule has 0 fully saturated rings. The first-order valence-electron chi connectivity index (χ1n) is 3.59. The first kappa shape index (κ1) is 9.62. The fraction of sp³-hybridized carbons (Fsp3) is 0.500. The second-order valence-electron chi connectivity index (χ2n) is 2.42. The number of rotatable bonds is 4. The number of likely N-dealkylation sites (N-methyl/N-ethyl adjacent to an activating group) is 1. The van der Waals surface area contributed by atoms with Crippen molar-refractivity contribution in [3.63, 3.8) is 0 Å². The predicted octanol–water partition coefficient (Wildman–Crippen LogP) is -0.164. The van der Waals surface area contributed by atoms with Crippen LogP contribution >= 0.6 is 0 Å². The maximum absolute atomic E-state index is 10.2. The summed E-state index contributed by atoms with van der Waals surface area (Å²) in [6.07, 6.45) is -0.911. The molecule has 1 unspecified atom stereocenters. The van der Waals surface area contributed by atoms with Gasteiger partial charge in [-0.05, 0) is 12.0 Å². The molecule has 72 valence electrons. The number of hydrogen-bond acceptors (Lipinski definition) is 6. The Kier molecular flexibility index (Phi) is 2.93. The smallest absolute Gasteiger partial charge is 0.384 e. The molecule has 2 N–H and O–H groups in total. The Balaban J connectivity index is 2.73. The number of nitrogens with one attached hydrogen (secondary N) is 1. The molecule has 1 heterocycles. The van der Waals surface area contributed by atoms with E-state index in [1.165, 1.54) is 0 Å². The van der Waals surface area contributed by atoms with E-state index in [9.17, 15) is 15.2 Å². The molecule has 1 atom stereocenters. The number of aromatic nitrogens is 1. The van der Waals surface area contributed by atoms with Crippen LogP contribution in [0.25, 0.3) is 0 Å². The molecule has 1 aromatic rings. The molecule has 0 aliphatic heterocycles. The Bertz CT molecular complexity index is 298. The molecule has 0 amide bonds. The van der Waals surface area contributed by atoms with Crippen LogP contribution in [-0.2, 0) is 0 Å². The topological polar surface area (TPSA) is 101 Å². The zero-order valence-corrected chi connectivity index (χ0v) is 6.93. The molecule has 0 saturated carbocycles. The van der Waals surface area contributed by atoms with Crippen LogP contribution in [0, 0.1) is 10.1 Å². The molecular formula is C6H9N3O4. The predicted molar refractivity (Wildman–Crippen MR) is 42.0 cm³/mol. The molecule has 7 nitrogen and oxygen atoms in total. The molecule has 0 aliphatic rings. The second-order valence-corrected chi connectivity index (χ2v) is 2.42. The number of aliphatic hydroxyl groups excluding tert-OH is 1. The summed E-state index contributed by atoms with van der Waals surface area (Å²) in [5, 5.41) is 25.3. The van der Waals surface area contributed by atoms with Gasteiger partial charge in [-0.1, -0.05) is 0 Å². The van der Waals surface area contributed by atoms with Crippen LogP contribution in [0.5, 0.6) is 0 Å². The van der Waals surface area contributed by atoms with E-state index in [-0.39, 0.29) is 12.3 Å². The van der Waals surface area contributed by atoms with Crippen LogP contribution in [0.15, 0.2) is 10.6 Å². The lowest BCUT2D eigenvalue weighted by molar-refractivity contribution is -0.390. The van der Waals surface area contributed by atoms with E-state index in [0.29, 0.717) is 0 Å². The summed E-state index contributed by atoms with van der Waals surface area (Å²) in [4.78, 5) is 9.50. The van der Waals surface area contributed by atoms with E-state index in [2.05, 4.69) is 15.0 Å². The van der Waals surface area contributed by atoms with Gasteiger partial charge >= 0.3 is 5.82 Å². The van der Waals surface area contributed by atoms with Crippen LogP contribution in [0.3, 0.4) is 0 Å². The zero-order valence-electron chi connectivity index (χ0n) is 6.93. The Morgan fingerprint density at radius 3 is 3.08 bits per heavy atom. The quantitative estimate of drug-likeness (QED) is 0.501. The molecule has 1 rings (SSSR count). The number of nitrogens with zero attached hydrogens (tertiary/aromatic N) is 2. The van der Waals surface area contributed by atoms with Crippen molar-refractivity contribution in [2.24, 2.45) is 0 Å². The second kappa shape index (κ2) is 3.97. The van der Waals surface area contributed by atoms with Crippen molar-refractivity contribution in [3.05, 3.63) is 21.9 Å². The highest BCUT2D eigenvalue weighted by Gasteiger charge is 2.20. The Labute approximate surface area is 73.5 Å². The van der Waals surface area contributed by atoms with Crippen LogP contribution in [0.2, 0.25) is 0 Å². The van der Waals surface area contributed by atoms with Crippen LogP contribution in [0.4, 0.5) is 5.82 Å². The molecule has 7 heteroatoms. The highest BCUT2D eigenvalue weighted by Crippen LogP contribution is 2.17. The summed E-state index contributed by atoms with van der Waals surface area (Å²) in [5.74, 6) is -0.314. The van der Waals surface area contributed by atoms with Gasteiger partial charge in [0.05, 0.1) is 6.07 Å². The van der Waals surface area contributed by atoms with Gasteiger partial charge in [0.25, 0.3) is 0 Å². The van der Waals surface area contributed by atoms with Gasteiger partial charge in [0.2, 0.25) is 5.76 Å². The summed E-state index contributed by atoms with van der Waals surface area (Å²) in [6, 6.07) is 1.10. The van der Waals surface area contributed by atoms with Crippen molar-refractivity contribution in [2.45, 2.75) is 6.10 Å². The largest absolute Gasteiger partial charge is 0.413 e. The number of hydrogen-bond donors (Lipinski definition) is 2. The molecule has 1 aromatic heterocycles. The minimum Gasteiger partial charge on any atom is -0.384 e. The van der Waals surface area contributed by atoms with E-state index in [0.717, 1.165) is 6.07 Å². The summed E-state index contributed by atoms with van der Waals surface area (Å²) in [6.45, 7) is 0.256. The average molecular weight is 187 g/mol. The third-order valence-corrected chi connectivity index (χ3v) is 1.43. The fourth-order valence-corrected chi connectivity index (χ4v) is 0.816. The normalized spacial score (nSPS) is 12.8. The lowest BCUT2D eigenvalue weighted by atomic mass is 10.3. The van der Waals surface area contributed by atoms with Crippen LogP contribution in [0.1, 0.15) is 11.9 Å². The van der Waals surface area contributed by atoms with Crippen molar-refractivity contribution in [1.82, 2.24) is 10.5 Å². The SMILES string of the molecule is CNCC(O)c1cc([N+](=O)[O-])no1. The van der Waals surface area contributed by atoms with E-state index in [4.69, 9.17) is 0 Å². The van der Waals surface area contributed by atoms with Gasteiger partial charge in [-0.2, -0.15) is 0 Å². The van der Waals surface area contributed by atoms with E-state index in [1.807, 2.05) is 0 Å². The molecule has 0 aromatic carbocycles. The lowest BCUT2D eigenvalue weighted by Crippen LogP contribution is -2.16. The Morgan fingerprint density at radius 1 is 1.92 bits per heavy atom. The van der Waals surface area contributed by atoms with Gasteiger partial charge in [-0.25, -0.2) is 0 Å². The van der Waals surface area contributed by atoms with Gasteiger partial charge in [-0.3, -0.25) is 4.52 Å². The number of nitro groups is 1. The molecule has 0 aliphatic carbocycles. The maximum Gasteiger partial charge on any atom is 0.413 e. The molecule has 0 spiro atoms. The summed E-state index contributed by atoms with van der Waals surface area (Å²) < 4.78 is 4.56. The third kappa shape index (κ3) is 2.23. The van der Waals surface area contributed by atoms with E-state index in [1.54, 1.807) is 7.05 Å². The Hall–Kier alpha value is -1.47. The van der Waals surface area contributed by atoms with Gasteiger partial charge in [-0.15, -0.1) is 0 Å². The summed E-state index contributed by atoms with van der Waals surface area (Å²) >= 11 is 0. The van der Waals surface area contributed by atoms with Gasteiger partial charge in [0, 0.05) is 6.54 Å². The fourth-order valence-electron chi connectivity index (χ4n) is 0.816. The molecule has 0 saturated heterocycles. The van der Waals surface area contributed by atoms with Crippen LogP contribution in [-0.4, -0.2) is 28.8 Å². The van der Waals surface area contributed by atoms with Crippen molar-refractivity contribution in [2.75, 3.05) is 13.6 Å². The minimum absolute atomic E-state index is 0.0843. The zero-order chi connectivity index (χ0) is 9.84. The van der Waals surface area contributed by atoms with E-state index >= 15 is 0 Å². The molecule has 0 radical (unpaired) electrons. The van der Waals surface area contributed by atoms with E-state index < -0.39 is 16.8 Å². The van der Waals surface area contributed by atoms with Gasteiger partial charge < -0.3 is 20.5 Å². The van der Waals surface area contributed by atoms with Crippen molar-refractivity contribution >= 4 is 5.82 Å². The highest BCUT2D eigenvalue weighted by atomic mass is 16.6. The maximum atomic E-state index is 10.2. The van der Waals surface area contributed by atoms with Crippen molar-refractivity contribution < 1.29 is 14.6 Å².